The standard InChI is InChI=1S/C6H4ClNOS/c7-10-6-4-2-1-3-5(6)8-9/h1-4H. The van der Waals surface area contributed by atoms with Gasteiger partial charge in [-0.1, -0.05) is 12.1 Å². The minimum atomic E-state index is 0.391. The lowest BCUT2D eigenvalue weighted by atomic mass is 10.3. The first-order valence-electron chi connectivity index (χ1n) is 2.59. The summed E-state index contributed by atoms with van der Waals surface area (Å²) < 4.78 is 0. The Bertz CT molecular complexity index is 241. The molecule has 0 saturated carbocycles. The maximum Gasteiger partial charge on any atom is 0.122 e. The van der Waals surface area contributed by atoms with E-state index < -0.39 is 0 Å². The topological polar surface area (TPSA) is 29.4 Å². The number of hydrogen-bond acceptors (Lipinski definition) is 3. The van der Waals surface area contributed by atoms with Gasteiger partial charge in [-0.2, -0.15) is 0 Å². The summed E-state index contributed by atoms with van der Waals surface area (Å²) in [6.07, 6.45) is 0. The molecule has 0 bridgehead atoms. The van der Waals surface area contributed by atoms with Crippen LogP contribution in [0.1, 0.15) is 0 Å². The molecule has 0 radical (unpaired) electrons. The predicted octanol–water partition coefficient (Wildman–Crippen LogP) is 3.33. The SMILES string of the molecule is O=Nc1ccccc1SCl. The highest BCUT2D eigenvalue weighted by molar-refractivity contribution is 8.21. The molecule has 0 saturated heterocycles. The van der Waals surface area contributed by atoms with Crippen LogP contribution in [0.4, 0.5) is 5.69 Å². The number of nitrogens with zero attached hydrogens (tertiary/aromatic N) is 1. The van der Waals surface area contributed by atoms with Crippen molar-refractivity contribution in [1.82, 2.24) is 0 Å². The molecule has 0 aliphatic carbocycles. The molecule has 1 aromatic rings. The number of benzene rings is 1. The molecule has 10 heavy (non-hydrogen) atoms. The molecule has 0 amide bonds. The van der Waals surface area contributed by atoms with Crippen molar-refractivity contribution in [2.45, 2.75) is 4.90 Å². The zero-order chi connectivity index (χ0) is 7.40. The summed E-state index contributed by atoms with van der Waals surface area (Å²) in [6.45, 7) is 0. The van der Waals surface area contributed by atoms with Gasteiger partial charge in [-0.05, 0) is 39.0 Å². The van der Waals surface area contributed by atoms with Gasteiger partial charge in [0.25, 0.3) is 0 Å². The summed E-state index contributed by atoms with van der Waals surface area (Å²) in [5.74, 6) is 0. The molecule has 0 aliphatic heterocycles. The summed E-state index contributed by atoms with van der Waals surface area (Å²) in [6, 6.07) is 6.92. The third-order valence-corrected chi connectivity index (χ3v) is 2.06. The summed E-state index contributed by atoms with van der Waals surface area (Å²) in [5.41, 5.74) is 0.391. The van der Waals surface area contributed by atoms with Crippen LogP contribution >= 0.6 is 21.7 Å². The van der Waals surface area contributed by atoms with E-state index in [1.54, 1.807) is 24.3 Å². The van der Waals surface area contributed by atoms with Gasteiger partial charge in [0, 0.05) is 0 Å². The van der Waals surface area contributed by atoms with Gasteiger partial charge in [0.2, 0.25) is 0 Å². The lowest BCUT2D eigenvalue weighted by Gasteiger charge is -1.93. The van der Waals surface area contributed by atoms with Gasteiger partial charge < -0.3 is 0 Å². The molecule has 1 aromatic carbocycles. The van der Waals surface area contributed by atoms with Crippen molar-refractivity contribution in [2.75, 3.05) is 0 Å². The minimum Gasteiger partial charge on any atom is -0.145 e. The van der Waals surface area contributed by atoms with E-state index in [0.29, 0.717) is 10.6 Å². The summed E-state index contributed by atoms with van der Waals surface area (Å²) in [5, 5.41) is 2.79. The van der Waals surface area contributed by atoms with Crippen molar-refractivity contribution >= 4 is 27.3 Å². The fourth-order valence-electron chi connectivity index (χ4n) is 0.598. The Morgan fingerprint density at radius 2 is 2.10 bits per heavy atom. The third-order valence-electron chi connectivity index (χ3n) is 1.05. The molecule has 0 aliphatic rings. The van der Waals surface area contributed by atoms with Crippen LogP contribution in [0.25, 0.3) is 0 Å². The van der Waals surface area contributed by atoms with Crippen molar-refractivity contribution in [3.05, 3.63) is 29.2 Å². The first-order valence-corrected chi connectivity index (χ1v) is 4.23. The highest BCUT2D eigenvalue weighted by atomic mass is 35.7. The Morgan fingerprint density at radius 1 is 1.40 bits per heavy atom. The maximum atomic E-state index is 10.1. The monoisotopic (exact) mass is 173 g/mol. The van der Waals surface area contributed by atoms with Gasteiger partial charge in [-0.3, -0.25) is 0 Å². The first kappa shape index (κ1) is 7.57. The van der Waals surface area contributed by atoms with Gasteiger partial charge in [0.1, 0.15) is 5.69 Å². The van der Waals surface area contributed by atoms with Gasteiger partial charge >= 0.3 is 0 Å². The molecular weight excluding hydrogens is 170 g/mol. The molecule has 1 rings (SSSR count). The van der Waals surface area contributed by atoms with E-state index >= 15 is 0 Å². The van der Waals surface area contributed by atoms with Crippen LogP contribution in [0.3, 0.4) is 0 Å². The third kappa shape index (κ3) is 1.49. The summed E-state index contributed by atoms with van der Waals surface area (Å²) in [4.78, 5) is 10.8. The molecule has 0 heterocycles. The van der Waals surface area contributed by atoms with E-state index in [-0.39, 0.29) is 0 Å². The zero-order valence-electron chi connectivity index (χ0n) is 4.95. The van der Waals surface area contributed by atoms with E-state index in [1.807, 2.05) is 0 Å². The van der Waals surface area contributed by atoms with Crippen molar-refractivity contribution in [3.8, 4) is 0 Å². The summed E-state index contributed by atoms with van der Waals surface area (Å²) >= 11 is 0. The Hall–Kier alpha value is -0.540. The quantitative estimate of drug-likeness (QED) is 0.642. The van der Waals surface area contributed by atoms with Crippen LogP contribution in [0.15, 0.2) is 34.3 Å². The summed E-state index contributed by atoms with van der Waals surface area (Å²) in [7, 11) is 6.43. The van der Waals surface area contributed by atoms with Crippen molar-refractivity contribution in [1.29, 1.82) is 0 Å². The molecule has 2 nitrogen and oxygen atoms in total. The molecule has 4 heteroatoms. The largest absolute Gasteiger partial charge is 0.145 e. The smallest absolute Gasteiger partial charge is 0.122 e. The van der Waals surface area contributed by atoms with Gasteiger partial charge in [-0.15, -0.1) is 4.91 Å². The van der Waals surface area contributed by atoms with Crippen LogP contribution < -0.4 is 0 Å². The second-order valence-electron chi connectivity index (χ2n) is 1.64. The van der Waals surface area contributed by atoms with E-state index in [4.69, 9.17) is 10.7 Å². The molecule has 0 fully saturated rings. The molecular formula is C6H4ClNOS. The van der Waals surface area contributed by atoms with E-state index in [2.05, 4.69) is 5.18 Å². The molecule has 0 N–H and O–H groups in total. The van der Waals surface area contributed by atoms with Crippen LogP contribution in [0.2, 0.25) is 0 Å². The fraction of sp³-hybridized carbons (Fsp3) is 0. The van der Waals surface area contributed by atoms with Crippen LogP contribution in [-0.4, -0.2) is 0 Å². The fourth-order valence-corrected chi connectivity index (χ4v) is 1.30. The van der Waals surface area contributed by atoms with Gasteiger partial charge in [0.05, 0.1) is 4.90 Å². The number of hydrogen-bond donors (Lipinski definition) is 0. The lowest BCUT2D eigenvalue weighted by molar-refractivity contribution is 1.37. The van der Waals surface area contributed by atoms with Gasteiger partial charge in [0.15, 0.2) is 0 Å². The highest BCUT2D eigenvalue weighted by Gasteiger charge is 1.98. The predicted molar refractivity (Wildman–Crippen MR) is 43.6 cm³/mol. The molecule has 52 valence electrons. The van der Waals surface area contributed by atoms with Crippen molar-refractivity contribution < 1.29 is 0 Å². The van der Waals surface area contributed by atoms with E-state index in [0.717, 1.165) is 11.0 Å². The Labute approximate surface area is 67.1 Å². The van der Waals surface area contributed by atoms with Crippen LogP contribution in [-0.2, 0) is 0 Å². The van der Waals surface area contributed by atoms with Crippen molar-refractivity contribution in [3.63, 3.8) is 0 Å². The lowest BCUT2D eigenvalue weighted by Crippen LogP contribution is -1.66. The Balaban J connectivity index is 3.08. The van der Waals surface area contributed by atoms with E-state index in [1.165, 1.54) is 0 Å². The molecule has 0 spiro atoms. The zero-order valence-corrected chi connectivity index (χ0v) is 6.52. The molecule has 0 unspecified atom stereocenters. The normalized spacial score (nSPS) is 9.30. The average Bonchev–Trinajstić information content (AvgIpc) is 2.04. The second-order valence-corrected chi connectivity index (χ2v) is 2.69. The molecule has 0 atom stereocenters. The minimum absolute atomic E-state index is 0.391. The first-order chi connectivity index (χ1) is 4.88. The van der Waals surface area contributed by atoms with Crippen LogP contribution in [0, 0.1) is 4.91 Å². The van der Waals surface area contributed by atoms with Crippen molar-refractivity contribution in [2.24, 2.45) is 5.18 Å². The van der Waals surface area contributed by atoms with Gasteiger partial charge in [-0.25, -0.2) is 0 Å². The average molecular weight is 174 g/mol. The Morgan fingerprint density at radius 3 is 2.60 bits per heavy atom. The second kappa shape index (κ2) is 3.58. The number of halogens is 1. The van der Waals surface area contributed by atoms with E-state index in [9.17, 15) is 4.91 Å². The number of rotatable bonds is 2. The maximum absolute atomic E-state index is 10.1. The highest BCUT2D eigenvalue weighted by Crippen LogP contribution is 2.31. The number of nitroso groups, excluding NO2 is 1. The van der Waals surface area contributed by atoms with Crippen LogP contribution in [0.5, 0.6) is 0 Å². The molecule has 0 aromatic heterocycles. The Kier molecular flexibility index (Phi) is 2.71.